The van der Waals surface area contributed by atoms with E-state index in [1.54, 1.807) is 6.92 Å². The molecule has 0 saturated heterocycles. The summed E-state index contributed by atoms with van der Waals surface area (Å²) >= 11 is 0. The highest BCUT2D eigenvalue weighted by molar-refractivity contribution is 5.92. The van der Waals surface area contributed by atoms with Crippen LogP contribution >= 0.6 is 0 Å². The van der Waals surface area contributed by atoms with Gasteiger partial charge in [-0.05, 0) is 20.8 Å². The Hall–Kier alpha value is -1.78. The molecule has 5 heteroatoms. The van der Waals surface area contributed by atoms with Crippen LogP contribution in [0.2, 0.25) is 0 Å². The lowest BCUT2D eigenvalue weighted by Gasteiger charge is -2.13. The largest absolute Gasteiger partial charge is 0.490 e. The number of carboxylic acids is 1. The van der Waals surface area contributed by atoms with E-state index in [-0.39, 0.29) is 23.2 Å². The molecule has 0 aliphatic heterocycles. The van der Waals surface area contributed by atoms with Gasteiger partial charge in [0.05, 0.1) is 11.8 Å². The van der Waals surface area contributed by atoms with Gasteiger partial charge in [0, 0.05) is 6.07 Å². The van der Waals surface area contributed by atoms with Crippen molar-refractivity contribution < 1.29 is 14.6 Å². The standard InChI is InChI=1S/C10H14N2O3/c1-5(2)15-7-4-8(11)12-6(3)9(7)10(13)14/h4-5H,1-3H3,(H2,11,12)(H,13,14). The van der Waals surface area contributed by atoms with E-state index < -0.39 is 5.97 Å². The van der Waals surface area contributed by atoms with Gasteiger partial charge in [-0.25, -0.2) is 9.78 Å². The maximum absolute atomic E-state index is 11.0. The van der Waals surface area contributed by atoms with Crippen LogP contribution < -0.4 is 10.5 Å². The van der Waals surface area contributed by atoms with E-state index in [2.05, 4.69) is 4.98 Å². The molecule has 0 saturated carbocycles. The van der Waals surface area contributed by atoms with Gasteiger partial charge in [-0.2, -0.15) is 0 Å². The highest BCUT2D eigenvalue weighted by Gasteiger charge is 2.17. The summed E-state index contributed by atoms with van der Waals surface area (Å²) in [5.41, 5.74) is 5.95. The third-order valence-corrected chi connectivity index (χ3v) is 1.76. The lowest BCUT2D eigenvalue weighted by atomic mass is 10.2. The van der Waals surface area contributed by atoms with E-state index >= 15 is 0 Å². The Morgan fingerprint density at radius 1 is 1.60 bits per heavy atom. The highest BCUT2D eigenvalue weighted by atomic mass is 16.5. The second-order valence-corrected chi connectivity index (χ2v) is 3.48. The van der Waals surface area contributed by atoms with Crippen molar-refractivity contribution in [2.24, 2.45) is 0 Å². The van der Waals surface area contributed by atoms with Crippen molar-refractivity contribution in [1.29, 1.82) is 0 Å². The summed E-state index contributed by atoms with van der Waals surface area (Å²) in [7, 11) is 0. The van der Waals surface area contributed by atoms with Gasteiger partial charge >= 0.3 is 5.97 Å². The molecule has 3 N–H and O–H groups in total. The van der Waals surface area contributed by atoms with Crippen LogP contribution in [0.4, 0.5) is 5.82 Å². The Morgan fingerprint density at radius 3 is 2.67 bits per heavy atom. The smallest absolute Gasteiger partial charge is 0.341 e. The molecule has 0 amide bonds. The monoisotopic (exact) mass is 210 g/mol. The van der Waals surface area contributed by atoms with Crippen molar-refractivity contribution in [1.82, 2.24) is 4.98 Å². The Morgan fingerprint density at radius 2 is 2.20 bits per heavy atom. The normalized spacial score (nSPS) is 10.4. The number of aromatic nitrogens is 1. The lowest BCUT2D eigenvalue weighted by Crippen LogP contribution is -2.12. The average molecular weight is 210 g/mol. The minimum Gasteiger partial charge on any atom is -0.490 e. The van der Waals surface area contributed by atoms with Gasteiger partial charge in [0.25, 0.3) is 0 Å². The summed E-state index contributed by atoms with van der Waals surface area (Å²) in [6.07, 6.45) is -0.107. The van der Waals surface area contributed by atoms with Crippen molar-refractivity contribution in [3.63, 3.8) is 0 Å². The third kappa shape index (κ3) is 2.59. The molecule has 1 rings (SSSR count). The van der Waals surface area contributed by atoms with Gasteiger partial charge in [-0.1, -0.05) is 0 Å². The Bertz CT molecular complexity index is 388. The van der Waals surface area contributed by atoms with Crippen molar-refractivity contribution in [3.05, 3.63) is 17.3 Å². The number of aryl methyl sites for hydroxylation is 1. The van der Waals surface area contributed by atoms with E-state index in [1.807, 2.05) is 13.8 Å². The maximum Gasteiger partial charge on any atom is 0.341 e. The van der Waals surface area contributed by atoms with Crippen molar-refractivity contribution in [2.45, 2.75) is 26.9 Å². The predicted molar refractivity (Wildman–Crippen MR) is 56.1 cm³/mol. The van der Waals surface area contributed by atoms with Crippen LogP contribution in [0.25, 0.3) is 0 Å². The van der Waals surface area contributed by atoms with E-state index in [1.165, 1.54) is 6.07 Å². The number of nitrogen functional groups attached to an aromatic ring is 1. The van der Waals surface area contributed by atoms with Crippen LogP contribution in [0, 0.1) is 6.92 Å². The number of carbonyl (C=O) groups is 1. The number of hydrogen-bond donors (Lipinski definition) is 2. The van der Waals surface area contributed by atoms with Crippen molar-refractivity contribution >= 4 is 11.8 Å². The number of carboxylic acid groups (broad SMARTS) is 1. The van der Waals surface area contributed by atoms with Gasteiger partial charge in [-0.15, -0.1) is 0 Å². The molecule has 0 aromatic carbocycles. The fourth-order valence-electron chi connectivity index (χ4n) is 1.27. The number of nitrogens with two attached hydrogens (primary N) is 1. The van der Waals surface area contributed by atoms with Gasteiger partial charge in [0.1, 0.15) is 17.1 Å². The summed E-state index contributed by atoms with van der Waals surface area (Å²) in [5.74, 6) is -0.536. The van der Waals surface area contributed by atoms with Gasteiger partial charge < -0.3 is 15.6 Å². The molecule has 0 bridgehead atoms. The molecule has 0 fully saturated rings. The van der Waals surface area contributed by atoms with Crippen LogP contribution in [-0.4, -0.2) is 22.2 Å². The van der Waals surface area contributed by atoms with Crippen LogP contribution in [0.3, 0.4) is 0 Å². The quantitative estimate of drug-likeness (QED) is 0.788. The van der Waals surface area contributed by atoms with Crippen LogP contribution in [0.1, 0.15) is 29.9 Å². The van der Waals surface area contributed by atoms with E-state index in [4.69, 9.17) is 15.6 Å². The molecule has 15 heavy (non-hydrogen) atoms. The van der Waals surface area contributed by atoms with E-state index in [9.17, 15) is 4.79 Å². The van der Waals surface area contributed by atoms with Gasteiger partial charge in [0.15, 0.2) is 0 Å². The fraction of sp³-hybridized carbons (Fsp3) is 0.400. The van der Waals surface area contributed by atoms with E-state index in [0.29, 0.717) is 5.69 Å². The molecule has 0 radical (unpaired) electrons. The second-order valence-electron chi connectivity index (χ2n) is 3.48. The van der Waals surface area contributed by atoms with Crippen LogP contribution in [0.5, 0.6) is 5.75 Å². The lowest BCUT2D eigenvalue weighted by molar-refractivity contribution is 0.0689. The van der Waals surface area contributed by atoms with Crippen molar-refractivity contribution in [2.75, 3.05) is 5.73 Å². The first-order valence-electron chi connectivity index (χ1n) is 4.59. The molecule has 0 atom stereocenters. The summed E-state index contributed by atoms with van der Waals surface area (Å²) in [4.78, 5) is 14.9. The summed E-state index contributed by atoms with van der Waals surface area (Å²) < 4.78 is 5.37. The molecular formula is C10H14N2O3. The van der Waals surface area contributed by atoms with Crippen LogP contribution in [0.15, 0.2) is 6.07 Å². The van der Waals surface area contributed by atoms with Crippen LogP contribution in [-0.2, 0) is 0 Å². The summed E-state index contributed by atoms with van der Waals surface area (Å²) in [6, 6.07) is 1.43. The molecule has 0 spiro atoms. The number of rotatable bonds is 3. The number of pyridine rings is 1. The van der Waals surface area contributed by atoms with E-state index in [0.717, 1.165) is 0 Å². The molecule has 1 heterocycles. The molecule has 0 aliphatic carbocycles. The Kier molecular flexibility index (Phi) is 3.14. The summed E-state index contributed by atoms with van der Waals surface area (Å²) in [5, 5.41) is 8.99. The zero-order chi connectivity index (χ0) is 11.6. The number of nitrogens with zero attached hydrogens (tertiary/aromatic N) is 1. The first kappa shape index (κ1) is 11.3. The molecule has 5 nitrogen and oxygen atoms in total. The molecule has 1 aromatic heterocycles. The third-order valence-electron chi connectivity index (χ3n) is 1.76. The fourth-order valence-corrected chi connectivity index (χ4v) is 1.27. The minimum atomic E-state index is -1.06. The number of ether oxygens (including phenoxy) is 1. The Labute approximate surface area is 87.9 Å². The van der Waals surface area contributed by atoms with Gasteiger partial charge in [0.2, 0.25) is 0 Å². The van der Waals surface area contributed by atoms with Crippen molar-refractivity contribution in [3.8, 4) is 5.75 Å². The molecule has 1 aromatic rings. The number of aromatic carboxylic acids is 1. The SMILES string of the molecule is Cc1nc(N)cc(OC(C)C)c1C(=O)O. The molecular weight excluding hydrogens is 196 g/mol. The zero-order valence-corrected chi connectivity index (χ0v) is 8.94. The highest BCUT2D eigenvalue weighted by Crippen LogP contribution is 2.24. The summed E-state index contributed by atoms with van der Waals surface area (Å²) in [6.45, 7) is 5.22. The second kappa shape index (κ2) is 4.16. The molecule has 0 unspecified atom stereocenters. The minimum absolute atomic E-state index is 0.0675. The first-order chi connectivity index (χ1) is 6.91. The number of hydrogen-bond acceptors (Lipinski definition) is 4. The molecule has 82 valence electrons. The average Bonchev–Trinajstić information content (AvgIpc) is 1.99. The van der Waals surface area contributed by atoms with Gasteiger partial charge in [-0.3, -0.25) is 0 Å². The Balaban J connectivity index is 3.27. The number of anilines is 1. The maximum atomic E-state index is 11.0. The first-order valence-corrected chi connectivity index (χ1v) is 4.59. The zero-order valence-electron chi connectivity index (χ0n) is 8.94. The molecule has 0 aliphatic rings. The topological polar surface area (TPSA) is 85.4 Å². The predicted octanol–water partition coefficient (Wildman–Crippen LogP) is 1.46.